The van der Waals surface area contributed by atoms with Crippen molar-refractivity contribution in [2.75, 3.05) is 0 Å². The van der Waals surface area contributed by atoms with Gasteiger partial charge in [-0.3, -0.25) is 0 Å². The van der Waals surface area contributed by atoms with Crippen molar-refractivity contribution in [1.82, 2.24) is 0 Å². The van der Waals surface area contributed by atoms with Crippen LogP contribution in [-0.4, -0.2) is 5.43 Å². The quantitative estimate of drug-likeness (QED) is 0.374. The standard InChI is InChI=1S/C29H37.C5H5.C4H8Si.2ClH.Zr/c1-21-14-13-15-22-20-27(6)25(4)18-10-9-16-23(25,2)24(3)17-11-12-19-26(24,5)29(27,8)28(21,22)7;2*1-2-4-5-3-1;;;/h9-20,22H,1-8H3;1-3H,4H2;1-4H2;2*1H;/q;;;;;+2/p-2. The molecule has 0 aromatic heterocycles. The van der Waals surface area contributed by atoms with Crippen LogP contribution in [0.15, 0.2) is 93.9 Å². The molecule has 0 radical (unpaired) electrons. The largest absolute Gasteiger partial charge is 1.00 e. The molecular weight excluding hydrogens is 647 g/mol. The molecule has 4 heteroatoms. The van der Waals surface area contributed by atoms with E-state index in [1.165, 1.54) is 19.3 Å². The molecule has 0 nitrogen and oxygen atoms in total. The first-order valence-electron chi connectivity index (χ1n) is 16.1. The van der Waals surface area contributed by atoms with Crippen LogP contribution in [0.1, 0.15) is 74.7 Å². The van der Waals surface area contributed by atoms with Gasteiger partial charge in [-0.15, -0.1) is 0 Å². The van der Waals surface area contributed by atoms with Crippen LogP contribution in [-0.2, 0) is 20.4 Å². The van der Waals surface area contributed by atoms with Gasteiger partial charge in [-0.1, -0.05) is 0 Å². The van der Waals surface area contributed by atoms with Gasteiger partial charge in [-0.2, -0.15) is 0 Å². The van der Waals surface area contributed by atoms with Crippen LogP contribution in [0.3, 0.4) is 0 Å². The first-order valence-corrected chi connectivity index (χ1v) is 24.3. The zero-order valence-corrected chi connectivity index (χ0v) is 32.0. The van der Waals surface area contributed by atoms with E-state index in [2.05, 4.69) is 140 Å². The van der Waals surface area contributed by atoms with Gasteiger partial charge in [0.1, 0.15) is 0 Å². The van der Waals surface area contributed by atoms with Gasteiger partial charge >= 0.3 is 254 Å². The molecule has 1 heterocycles. The molecule has 0 amide bonds. The topological polar surface area (TPSA) is 0 Å². The molecule has 0 spiro atoms. The van der Waals surface area contributed by atoms with Crippen molar-refractivity contribution >= 4 is 5.43 Å². The van der Waals surface area contributed by atoms with E-state index in [0.717, 1.165) is 3.63 Å². The van der Waals surface area contributed by atoms with Crippen molar-refractivity contribution in [2.24, 2.45) is 43.8 Å². The van der Waals surface area contributed by atoms with Crippen molar-refractivity contribution in [3.05, 3.63) is 93.9 Å². The molecule has 3 fully saturated rings. The maximum atomic E-state index is 2.86. The summed E-state index contributed by atoms with van der Waals surface area (Å²) in [5, 5.41) is 0. The van der Waals surface area contributed by atoms with Gasteiger partial charge in [-0.05, 0) is 0 Å². The Balaban J connectivity index is 0.00000176. The summed E-state index contributed by atoms with van der Waals surface area (Å²) in [4.78, 5) is 0. The third-order valence-corrected chi connectivity index (χ3v) is 37.7. The molecule has 0 N–H and O–H groups in total. The van der Waals surface area contributed by atoms with E-state index < -0.39 is 20.4 Å². The van der Waals surface area contributed by atoms with Crippen LogP contribution in [0.25, 0.3) is 0 Å². The average Bonchev–Trinajstić information content (AvgIpc) is 3.68. The van der Waals surface area contributed by atoms with E-state index in [4.69, 9.17) is 0 Å². The van der Waals surface area contributed by atoms with Gasteiger partial charge in [0, 0.05) is 0 Å². The fraction of sp³-hybridized carbons (Fsp3) is 0.579. The molecule has 7 rings (SSSR count). The molecule has 224 valence electrons. The van der Waals surface area contributed by atoms with E-state index in [-0.39, 0.29) is 68.2 Å². The van der Waals surface area contributed by atoms with Crippen LogP contribution in [0.4, 0.5) is 0 Å². The number of hydrogen-bond donors (Lipinski definition) is 0. The van der Waals surface area contributed by atoms with Crippen LogP contribution in [0, 0.1) is 43.8 Å². The Morgan fingerprint density at radius 1 is 0.690 bits per heavy atom. The fourth-order valence-electron chi connectivity index (χ4n) is 12.6. The van der Waals surface area contributed by atoms with Gasteiger partial charge in [0.2, 0.25) is 0 Å². The number of halogens is 2. The molecule has 0 aromatic carbocycles. The van der Waals surface area contributed by atoms with Crippen molar-refractivity contribution in [3.8, 4) is 0 Å². The molecule has 0 aromatic rings. The summed E-state index contributed by atoms with van der Waals surface area (Å²) in [7, 11) is 0. The minimum Gasteiger partial charge on any atom is -1.00 e. The Hall–Kier alpha value is -0.400. The molecule has 9 unspecified atom stereocenters. The molecule has 42 heavy (non-hydrogen) atoms. The Morgan fingerprint density at radius 2 is 1.24 bits per heavy atom. The van der Waals surface area contributed by atoms with Crippen molar-refractivity contribution in [3.63, 3.8) is 0 Å². The summed E-state index contributed by atoms with van der Waals surface area (Å²) in [6.45, 7) is 21.6. The first kappa shape index (κ1) is 33.0. The summed E-state index contributed by atoms with van der Waals surface area (Å²) >= 11 is -2.12. The Bertz CT molecular complexity index is 1460. The zero-order valence-electron chi connectivity index (χ0n) is 27.0. The van der Waals surface area contributed by atoms with Crippen LogP contribution >= 0.6 is 0 Å². The Labute approximate surface area is 276 Å². The van der Waals surface area contributed by atoms with Gasteiger partial charge in [-0.25, -0.2) is 0 Å². The number of rotatable bonds is 2. The second-order valence-corrected chi connectivity index (χ2v) is 31.3. The van der Waals surface area contributed by atoms with E-state index in [9.17, 15) is 0 Å². The number of allylic oxidation sites excluding steroid dienone is 16. The molecule has 2 saturated carbocycles. The van der Waals surface area contributed by atoms with Gasteiger partial charge < -0.3 is 24.8 Å². The Kier molecular flexibility index (Phi) is 8.09. The maximum Gasteiger partial charge on any atom is -1.00 e. The smallest absolute Gasteiger partial charge is 1.00 e. The molecular formula is C38H50Cl2SiZr. The van der Waals surface area contributed by atoms with Crippen LogP contribution < -0.4 is 24.8 Å². The van der Waals surface area contributed by atoms with E-state index in [1.807, 2.05) is 3.28 Å². The van der Waals surface area contributed by atoms with E-state index in [0.29, 0.717) is 5.92 Å². The normalized spacial score (nSPS) is 48.7. The first-order chi connectivity index (χ1) is 18.9. The Morgan fingerprint density at radius 3 is 1.81 bits per heavy atom. The zero-order chi connectivity index (χ0) is 28.4. The maximum absolute atomic E-state index is 2.86. The van der Waals surface area contributed by atoms with Crippen LogP contribution in [0.5, 0.6) is 0 Å². The van der Waals surface area contributed by atoms with E-state index in [1.54, 1.807) is 17.7 Å². The predicted octanol–water partition coefficient (Wildman–Crippen LogP) is 4.49. The van der Waals surface area contributed by atoms with Gasteiger partial charge in [0.15, 0.2) is 0 Å². The van der Waals surface area contributed by atoms with Crippen molar-refractivity contribution in [1.29, 1.82) is 0 Å². The van der Waals surface area contributed by atoms with Gasteiger partial charge in [0.25, 0.3) is 0 Å². The molecule has 6 aliphatic carbocycles. The summed E-state index contributed by atoms with van der Waals surface area (Å²) in [5.74, 6) is 0.625. The summed E-state index contributed by atoms with van der Waals surface area (Å²) in [6.07, 6.45) is 39.9. The monoisotopic (exact) mass is 694 g/mol. The second-order valence-electron chi connectivity index (χ2n) is 15.6. The SMILES string of the molecule is CC1=CC=CC2[CH]([Zr+2]([C]3=CC=CC3)=[Si]3CCCC3)C3(C)C4(C)C=CC=CC4(C)C4(C)C=CC=CC4(C)C3(C)C12C.[Cl-].[Cl-]. The van der Waals surface area contributed by atoms with Gasteiger partial charge in [0.05, 0.1) is 0 Å². The third kappa shape index (κ3) is 3.26. The molecule has 1 aliphatic heterocycles. The minimum atomic E-state index is -2.12. The average molecular weight is 697 g/mol. The van der Waals surface area contributed by atoms with Crippen LogP contribution in [0.2, 0.25) is 15.7 Å². The second kappa shape index (κ2) is 10.3. The summed E-state index contributed by atoms with van der Waals surface area (Å²) < 4.78 is 2.78. The molecule has 9 atom stereocenters. The molecule has 0 bridgehead atoms. The number of fused-ring (bicyclic) bond motifs is 8. The third-order valence-electron chi connectivity index (χ3n) is 15.5. The summed E-state index contributed by atoms with van der Waals surface area (Å²) in [5.41, 5.74) is 1.76. The molecule has 7 aliphatic rings. The minimum absolute atomic E-state index is 0. The van der Waals surface area contributed by atoms with E-state index >= 15 is 0 Å². The predicted molar refractivity (Wildman–Crippen MR) is 170 cm³/mol. The fourth-order valence-corrected chi connectivity index (χ4v) is 40.0. The summed E-state index contributed by atoms with van der Waals surface area (Å²) in [6, 6.07) is 3.17. The van der Waals surface area contributed by atoms with Crippen molar-refractivity contribution in [2.45, 2.75) is 90.4 Å². The van der Waals surface area contributed by atoms with Crippen molar-refractivity contribution < 1.29 is 45.2 Å². The molecule has 1 saturated heterocycles. The number of hydrogen-bond acceptors (Lipinski definition) is 0.